The van der Waals surface area contributed by atoms with Gasteiger partial charge in [-0.25, -0.2) is 9.59 Å². The lowest BCUT2D eigenvalue weighted by molar-refractivity contribution is -0.193. The highest BCUT2D eigenvalue weighted by Gasteiger charge is 2.40. The third-order valence-electron chi connectivity index (χ3n) is 5.17. The van der Waals surface area contributed by atoms with Gasteiger partial charge in [-0.05, 0) is 17.7 Å². The lowest BCUT2D eigenvalue weighted by atomic mass is 10.1. The molecule has 2 atom stereocenters. The second-order valence-corrected chi connectivity index (χ2v) is 7.77. The number of nitrogens with one attached hydrogen (secondary N) is 1. The maximum Gasteiger partial charge on any atom is 0.490 e. The van der Waals surface area contributed by atoms with Gasteiger partial charge in [0.15, 0.2) is 0 Å². The molecule has 0 aliphatic carbocycles. The Morgan fingerprint density at radius 1 is 1.03 bits per heavy atom. The van der Waals surface area contributed by atoms with E-state index in [2.05, 4.69) is 27.2 Å². The van der Waals surface area contributed by atoms with Crippen molar-refractivity contribution in [2.45, 2.75) is 31.0 Å². The minimum absolute atomic E-state index is 0.0688. The Bertz CT molecular complexity index is 872. The number of carbonyl (C=O) groups is 3. The van der Waals surface area contributed by atoms with E-state index in [1.54, 1.807) is 14.2 Å². The Kier molecular flexibility index (Phi) is 12.1. The van der Waals surface area contributed by atoms with E-state index in [1.807, 2.05) is 12.1 Å². The number of likely N-dealkylation sites (N-methyl/N-ethyl adjacent to an activating group) is 1. The van der Waals surface area contributed by atoms with Gasteiger partial charge in [-0.3, -0.25) is 14.6 Å². The number of alkyl halides is 6. The number of aliphatic carboxylic acids is 2. The Morgan fingerprint density at radius 3 is 1.97 bits per heavy atom. The summed E-state index contributed by atoms with van der Waals surface area (Å²) in [6.07, 6.45) is -9.97. The molecule has 37 heavy (non-hydrogen) atoms. The van der Waals surface area contributed by atoms with Crippen LogP contribution in [0.15, 0.2) is 24.3 Å². The third-order valence-corrected chi connectivity index (χ3v) is 5.17. The second kappa shape index (κ2) is 14.0. The molecule has 2 aliphatic heterocycles. The van der Waals surface area contributed by atoms with Gasteiger partial charge >= 0.3 is 24.3 Å². The van der Waals surface area contributed by atoms with Gasteiger partial charge in [-0.2, -0.15) is 26.3 Å². The zero-order valence-electron chi connectivity index (χ0n) is 19.8. The van der Waals surface area contributed by atoms with Crippen LogP contribution in [0.5, 0.6) is 5.75 Å². The van der Waals surface area contributed by atoms with Crippen molar-refractivity contribution in [1.82, 2.24) is 15.1 Å². The molecule has 10 nitrogen and oxygen atoms in total. The van der Waals surface area contributed by atoms with Crippen LogP contribution in [0.3, 0.4) is 0 Å². The van der Waals surface area contributed by atoms with Crippen molar-refractivity contribution in [3.63, 3.8) is 0 Å². The zero-order chi connectivity index (χ0) is 28.4. The number of fused-ring (bicyclic) bond motifs is 1. The van der Waals surface area contributed by atoms with Crippen LogP contribution in [0, 0.1) is 0 Å². The first-order valence-corrected chi connectivity index (χ1v) is 10.6. The summed E-state index contributed by atoms with van der Waals surface area (Å²) in [7, 11) is 3.36. The van der Waals surface area contributed by atoms with Crippen molar-refractivity contribution in [2.24, 2.45) is 0 Å². The molecule has 0 spiro atoms. The van der Waals surface area contributed by atoms with Gasteiger partial charge in [-0.15, -0.1) is 0 Å². The number of methoxy groups -OCH3 is 1. The van der Waals surface area contributed by atoms with Crippen LogP contribution in [-0.2, 0) is 25.7 Å². The van der Waals surface area contributed by atoms with Gasteiger partial charge in [-0.1, -0.05) is 12.1 Å². The summed E-state index contributed by atoms with van der Waals surface area (Å²) in [6.45, 7) is 4.74. The van der Waals surface area contributed by atoms with E-state index in [0.29, 0.717) is 19.2 Å². The number of carbonyl (C=O) groups excluding carboxylic acids is 1. The molecule has 3 N–H and O–H groups in total. The topological polar surface area (TPSA) is 129 Å². The molecule has 0 aromatic heterocycles. The first-order chi connectivity index (χ1) is 17.1. The van der Waals surface area contributed by atoms with Crippen molar-refractivity contribution in [3.05, 3.63) is 29.8 Å². The van der Waals surface area contributed by atoms with E-state index < -0.39 is 24.3 Å². The van der Waals surface area contributed by atoms with E-state index >= 15 is 0 Å². The van der Waals surface area contributed by atoms with Gasteiger partial charge in [0, 0.05) is 33.2 Å². The standard InChI is InChI=1S/C17H25N3O3.2C2HF3O2/c1-18-17(21)12-20-7-8-23-16-11-19(10-15(16)20)9-13-3-5-14(22-2)6-4-13;2*3-2(4,5)1(6)7/h3-6,15-16H,7-12H2,1-2H3,(H,18,21);2*(H,6,7)/t15-,16+;;/m1../s1. The van der Waals surface area contributed by atoms with E-state index in [9.17, 15) is 31.1 Å². The number of likely N-dealkylation sites (tertiary alicyclic amines) is 1. The van der Waals surface area contributed by atoms with Gasteiger partial charge in [0.1, 0.15) is 5.75 Å². The SMILES string of the molecule is CNC(=O)CN1CCO[C@H]2CN(Cc3ccc(OC)cc3)C[C@H]21.O=C(O)C(F)(F)F.O=C(O)C(F)(F)F. The molecule has 0 unspecified atom stereocenters. The van der Waals surface area contributed by atoms with E-state index in [0.717, 1.165) is 31.9 Å². The lowest BCUT2D eigenvalue weighted by Crippen LogP contribution is -2.53. The Hall–Kier alpha value is -3.11. The second-order valence-electron chi connectivity index (χ2n) is 7.77. The van der Waals surface area contributed by atoms with E-state index in [4.69, 9.17) is 29.3 Å². The highest BCUT2D eigenvalue weighted by molar-refractivity contribution is 5.77. The largest absolute Gasteiger partial charge is 0.497 e. The first-order valence-electron chi connectivity index (χ1n) is 10.6. The number of rotatable bonds is 5. The van der Waals surface area contributed by atoms with Crippen LogP contribution in [-0.4, -0.2) is 109 Å². The fraction of sp³-hybridized carbons (Fsp3) is 0.571. The van der Waals surface area contributed by atoms with Gasteiger partial charge in [0.2, 0.25) is 5.91 Å². The van der Waals surface area contributed by atoms with Crippen molar-refractivity contribution in [1.29, 1.82) is 0 Å². The predicted molar refractivity (Wildman–Crippen MR) is 115 cm³/mol. The molecule has 16 heteroatoms. The van der Waals surface area contributed by atoms with Crippen molar-refractivity contribution >= 4 is 17.8 Å². The maximum absolute atomic E-state index is 11.7. The van der Waals surface area contributed by atoms with E-state index in [1.165, 1.54) is 5.56 Å². The fourth-order valence-corrected chi connectivity index (χ4v) is 3.41. The molecular weight excluding hydrogens is 520 g/mol. The van der Waals surface area contributed by atoms with Crippen LogP contribution < -0.4 is 10.1 Å². The summed E-state index contributed by atoms with van der Waals surface area (Å²) in [5.41, 5.74) is 1.27. The molecule has 210 valence electrons. The number of hydrogen-bond acceptors (Lipinski definition) is 7. The number of hydrogen-bond donors (Lipinski definition) is 3. The summed E-state index contributed by atoms with van der Waals surface area (Å²) in [4.78, 5) is 34.1. The van der Waals surface area contributed by atoms with Gasteiger partial charge < -0.3 is 25.0 Å². The summed E-state index contributed by atoms with van der Waals surface area (Å²) in [6, 6.07) is 8.49. The number of halogens is 6. The van der Waals surface area contributed by atoms with Crippen LogP contribution >= 0.6 is 0 Å². The molecule has 2 heterocycles. The Balaban J connectivity index is 0.000000404. The van der Waals surface area contributed by atoms with Crippen LogP contribution in [0.1, 0.15) is 5.56 Å². The number of amides is 1. The monoisotopic (exact) mass is 547 g/mol. The number of benzene rings is 1. The molecular formula is C21H27F6N3O7. The maximum atomic E-state index is 11.7. The van der Waals surface area contributed by atoms with Gasteiger partial charge in [0.05, 0.1) is 32.4 Å². The molecule has 1 aromatic rings. The summed E-state index contributed by atoms with van der Waals surface area (Å²) in [5, 5.41) is 17.0. The van der Waals surface area contributed by atoms with Crippen molar-refractivity contribution in [2.75, 3.05) is 46.9 Å². The average Bonchev–Trinajstić information content (AvgIpc) is 3.22. The van der Waals surface area contributed by atoms with Gasteiger partial charge in [0.25, 0.3) is 0 Å². The zero-order valence-corrected chi connectivity index (χ0v) is 19.8. The molecule has 0 saturated carbocycles. The minimum Gasteiger partial charge on any atom is -0.497 e. The number of nitrogens with zero attached hydrogens (tertiary/aromatic N) is 2. The molecule has 3 rings (SSSR count). The summed E-state index contributed by atoms with van der Waals surface area (Å²) >= 11 is 0. The van der Waals surface area contributed by atoms with Crippen molar-refractivity contribution in [3.8, 4) is 5.75 Å². The minimum atomic E-state index is -5.08. The Morgan fingerprint density at radius 2 is 1.54 bits per heavy atom. The van der Waals surface area contributed by atoms with Crippen LogP contribution in [0.25, 0.3) is 0 Å². The van der Waals surface area contributed by atoms with Crippen LogP contribution in [0.2, 0.25) is 0 Å². The normalized spacial score (nSPS) is 19.9. The quantitative estimate of drug-likeness (QED) is 0.471. The summed E-state index contributed by atoms with van der Waals surface area (Å²) < 4.78 is 74.6. The molecule has 2 aliphatic rings. The number of ether oxygens (including phenoxy) is 2. The van der Waals surface area contributed by atoms with Crippen LogP contribution in [0.4, 0.5) is 26.3 Å². The summed E-state index contributed by atoms with van der Waals surface area (Å²) in [5.74, 6) is -4.57. The molecule has 1 aromatic carbocycles. The molecule has 0 radical (unpaired) electrons. The predicted octanol–water partition coefficient (Wildman–Crippen LogP) is 1.59. The molecule has 2 fully saturated rings. The average molecular weight is 547 g/mol. The van der Waals surface area contributed by atoms with E-state index in [-0.39, 0.29) is 12.0 Å². The van der Waals surface area contributed by atoms with Crippen molar-refractivity contribution < 1.29 is 60.4 Å². The molecule has 1 amide bonds. The Labute approximate surface area is 207 Å². The smallest absolute Gasteiger partial charge is 0.490 e. The first kappa shape index (κ1) is 31.9. The molecule has 0 bridgehead atoms. The molecule has 2 saturated heterocycles. The fourth-order valence-electron chi connectivity index (χ4n) is 3.41. The third kappa shape index (κ3) is 11.2. The number of morpholine rings is 1. The lowest BCUT2D eigenvalue weighted by Gasteiger charge is -2.36. The number of carboxylic acid groups (broad SMARTS) is 2. The highest BCUT2D eigenvalue weighted by Crippen LogP contribution is 2.24. The number of carboxylic acids is 2. The highest BCUT2D eigenvalue weighted by atomic mass is 19.4.